The molecule has 45 heavy (non-hydrogen) atoms. The number of fused-ring (bicyclic) bond motifs is 1. The van der Waals surface area contributed by atoms with Gasteiger partial charge in [-0.15, -0.1) is 0 Å². The van der Waals surface area contributed by atoms with E-state index in [1.54, 1.807) is 4.68 Å². The summed E-state index contributed by atoms with van der Waals surface area (Å²) < 4.78 is 6.98. The molecule has 4 aromatic rings. The summed E-state index contributed by atoms with van der Waals surface area (Å²) >= 11 is 0. The van der Waals surface area contributed by atoms with Gasteiger partial charge < -0.3 is 14.7 Å². The van der Waals surface area contributed by atoms with Gasteiger partial charge >= 0.3 is 5.97 Å². The van der Waals surface area contributed by atoms with Gasteiger partial charge in [0.25, 0.3) is 0 Å². The number of carboxylic acid groups (broad SMARTS) is 1. The fraction of sp³-hybridized carbons (Fsp3) is 0.395. The molecular weight excluding hydrogens is 562 g/mol. The quantitative estimate of drug-likeness (QED) is 0.219. The minimum atomic E-state index is -1.07. The molecule has 2 heterocycles. The van der Waals surface area contributed by atoms with E-state index in [9.17, 15) is 14.7 Å². The second-order valence-corrected chi connectivity index (χ2v) is 12.9. The largest absolute Gasteiger partial charge is 0.480 e. The van der Waals surface area contributed by atoms with Gasteiger partial charge in [-0.2, -0.15) is 5.10 Å². The summed E-state index contributed by atoms with van der Waals surface area (Å²) in [4.78, 5) is 26.4. The molecule has 2 aliphatic carbocycles. The van der Waals surface area contributed by atoms with Crippen molar-refractivity contribution in [1.82, 2.24) is 14.7 Å². The number of piperidine rings is 1. The molecule has 1 amide bonds. The Morgan fingerprint density at radius 3 is 2.51 bits per heavy atom. The van der Waals surface area contributed by atoms with E-state index in [4.69, 9.17) is 4.74 Å². The van der Waals surface area contributed by atoms with Crippen LogP contribution in [0.1, 0.15) is 89.0 Å². The summed E-state index contributed by atoms with van der Waals surface area (Å²) in [5.41, 5.74) is 10.3. The maximum Gasteiger partial charge on any atom is 0.342 e. The van der Waals surface area contributed by atoms with Crippen LogP contribution >= 0.6 is 0 Å². The van der Waals surface area contributed by atoms with E-state index in [0.29, 0.717) is 23.7 Å². The van der Waals surface area contributed by atoms with E-state index in [1.807, 2.05) is 12.1 Å². The normalized spacial score (nSPS) is 18.2. The van der Waals surface area contributed by atoms with Crippen LogP contribution in [0.2, 0.25) is 0 Å². The number of nitrogens with zero attached hydrogens (tertiary/aromatic N) is 3. The molecule has 7 heteroatoms. The maximum atomic E-state index is 12.6. The number of aromatic carboxylic acids is 1. The topological polar surface area (TPSA) is 84.7 Å². The molecule has 3 aromatic carbocycles. The Labute approximate surface area is 264 Å². The lowest BCUT2D eigenvalue weighted by Gasteiger charge is -2.33. The van der Waals surface area contributed by atoms with E-state index >= 15 is 0 Å². The minimum Gasteiger partial charge on any atom is -0.480 e. The van der Waals surface area contributed by atoms with E-state index in [0.717, 1.165) is 75.7 Å². The summed E-state index contributed by atoms with van der Waals surface area (Å²) in [6.45, 7) is 4.04. The van der Waals surface area contributed by atoms with Crippen molar-refractivity contribution in [3.8, 4) is 22.7 Å². The van der Waals surface area contributed by atoms with Crippen molar-refractivity contribution in [2.24, 2.45) is 5.92 Å². The molecule has 0 bridgehead atoms. The average Bonchev–Trinajstić information content (AvgIpc) is 3.70. The summed E-state index contributed by atoms with van der Waals surface area (Å²) in [5.74, 6) is 0.791. The Hall–Kier alpha value is -4.39. The number of methoxy groups -OCH3 is 1. The highest BCUT2D eigenvalue weighted by molar-refractivity contribution is 5.90. The summed E-state index contributed by atoms with van der Waals surface area (Å²) in [6.07, 6.45) is 9.82. The Kier molecular flexibility index (Phi) is 7.94. The average molecular weight is 604 g/mol. The van der Waals surface area contributed by atoms with E-state index in [1.165, 1.54) is 46.7 Å². The third-order valence-corrected chi connectivity index (χ3v) is 10.2. The minimum absolute atomic E-state index is 0.0372. The third kappa shape index (κ3) is 5.65. The molecule has 1 aromatic heterocycles. The van der Waals surface area contributed by atoms with Crippen molar-refractivity contribution < 1.29 is 19.4 Å². The first-order valence-corrected chi connectivity index (χ1v) is 16.4. The van der Waals surface area contributed by atoms with E-state index in [2.05, 4.69) is 65.5 Å². The van der Waals surface area contributed by atoms with Gasteiger partial charge in [-0.25, -0.2) is 9.48 Å². The molecule has 1 aliphatic heterocycles. The second kappa shape index (κ2) is 12.2. The Morgan fingerprint density at radius 1 is 0.978 bits per heavy atom. The predicted octanol–water partition coefficient (Wildman–Crippen LogP) is 7.20. The second-order valence-electron chi connectivity index (χ2n) is 12.9. The summed E-state index contributed by atoms with van der Waals surface area (Å²) in [5, 5.41) is 13.9. The molecule has 2 fully saturated rings. The van der Waals surface area contributed by atoms with Crippen LogP contribution in [0.25, 0.3) is 16.8 Å². The van der Waals surface area contributed by atoms with Gasteiger partial charge in [0.05, 0.1) is 19.0 Å². The molecule has 1 saturated heterocycles. The van der Waals surface area contributed by atoms with Gasteiger partial charge in [-0.3, -0.25) is 4.79 Å². The predicted molar refractivity (Wildman–Crippen MR) is 174 cm³/mol. The van der Waals surface area contributed by atoms with Crippen LogP contribution in [0.3, 0.4) is 0 Å². The van der Waals surface area contributed by atoms with Crippen molar-refractivity contribution in [2.45, 2.75) is 70.1 Å². The number of carbonyl (C=O) groups is 2. The number of aryl methyl sites for hydroxylation is 2. The molecule has 1 saturated carbocycles. The lowest BCUT2D eigenvalue weighted by molar-refractivity contribution is -0.133. The SMILES string of the molecule is CCc1cc(C[C@@H]2CCc3cccc(-c4cccc(-n5ncc(C(=O)O)c5OC)c4)c32)ccc1C1CCN(C(=O)C2CC2)CC1. The van der Waals surface area contributed by atoms with Crippen LogP contribution in [0.15, 0.2) is 66.9 Å². The highest BCUT2D eigenvalue weighted by Crippen LogP contribution is 2.43. The van der Waals surface area contributed by atoms with Crippen LogP contribution in [0.5, 0.6) is 5.88 Å². The van der Waals surface area contributed by atoms with Gasteiger partial charge in [0, 0.05) is 19.0 Å². The molecule has 3 aliphatic rings. The first kappa shape index (κ1) is 29.3. The molecule has 7 nitrogen and oxygen atoms in total. The lowest BCUT2D eigenvalue weighted by atomic mass is 9.83. The van der Waals surface area contributed by atoms with Gasteiger partial charge in [-0.05, 0) is 114 Å². The number of carboxylic acids is 1. The highest BCUT2D eigenvalue weighted by Gasteiger charge is 2.35. The van der Waals surface area contributed by atoms with Crippen LogP contribution in [0, 0.1) is 5.92 Å². The van der Waals surface area contributed by atoms with Gasteiger partial charge in [-0.1, -0.05) is 55.5 Å². The van der Waals surface area contributed by atoms with Crippen molar-refractivity contribution in [2.75, 3.05) is 20.2 Å². The van der Waals surface area contributed by atoms with Crippen LogP contribution in [0.4, 0.5) is 0 Å². The number of benzene rings is 3. The summed E-state index contributed by atoms with van der Waals surface area (Å²) in [7, 11) is 1.47. The lowest BCUT2D eigenvalue weighted by Crippen LogP contribution is -2.38. The van der Waals surface area contributed by atoms with Crippen molar-refractivity contribution in [1.29, 1.82) is 0 Å². The van der Waals surface area contributed by atoms with Gasteiger partial charge in [0.1, 0.15) is 5.56 Å². The Balaban J connectivity index is 1.12. The Morgan fingerprint density at radius 2 is 1.78 bits per heavy atom. The van der Waals surface area contributed by atoms with E-state index in [-0.39, 0.29) is 11.4 Å². The number of hydrogen-bond acceptors (Lipinski definition) is 4. The number of likely N-dealkylation sites (tertiary alicyclic amines) is 1. The molecule has 232 valence electrons. The van der Waals surface area contributed by atoms with Gasteiger partial charge in [0.2, 0.25) is 11.8 Å². The zero-order valence-corrected chi connectivity index (χ0v) is 26.2. The van der Waals surface area contributed by atoms with Crippen LogP contribution in [-0.2, 0) is 24.1 Å². The monoisotopic (exact) mass is 603 g/mol. The molecule has 0 unspecified atom stereocenters. The molecular formula is C38H41N3O4. The van der Waals surface area contributed by atoms with Gasteiger partial charge in [0.15, 0.2) is 0 Å². The highest BCUT2D eigenvalue weighted by atomic mass is 16.5. The molecule has 1 N–H and O–H groups in total. The van der Waals surface area contributed by atoms with Crippen molar-refractivity contribution in [3.05, 3.63) is 100 Å². The number of ether oxygens (including phenoxy) is 1. The molecule has 1 atom stereocenters. The zero-order chi connectivity index (χ0) is 31.1. The number of rotatable bonds is 9. The number of hydrogen-bond donors (Lipinski definition) is 1. The maximum absolute atomic E-state index is 12.6. The Bertz CT molecular complexity index is 1750. The summed E-state index contributed by atoms with van der Waals surface area (Å²) in [6, 6.07) is 21.9. The molecule has 0 spiro atoms. The number of carbonyl (C=O) groups excluding carboxylic acids is 1. The third-order valence-electron chi connectivity index (χ3n) is 10.2. The standard InChI is InChI=1S/C38H41N3O4/c1-3-25-20-24(10-15-32(25)26-16-18-40(19-17-26)36(42)28-12-13-28)21-30-14-11-27-6-5-9-33(35(27)30)29-7-4-8-31(22-29)41-37(45-2)34(23-39-41)38(43)44/h4-10,15,20,22-23,26,28,30H,3,11-14,16-19,21H2,1-2H3,(H,43,44)/t30-/m0/s1. The van der Waals surface area contributed by atoms with E-state index < -0.39 is 5.97 Å². The first-order valence-electron chi connectivity index (χ1n) is 16.4. The fourth-order valence-electron chi connectivity index (χ4n) is 7.69. The van der Waals surface area contributed by atoms with Crippen molar-refractivity contribution >= 4 is 11.9 Å². The van der Waals surface area contributed by atoms with Crippen LogP contribution < -0.4 is 4.74 Å². The van der Waals surface area contributed by atoms with Crippen molar-refractivity contribution in [3.63, 3.8) is 0 Å². The smallest absolute Gasteiger partial charge is 0.342 e. The first-order chi connectivity index (χ1) is 21.9. The zero-order valence-electron chi connectivity index (χ0n) is 26.2. The molecule has 0 radical (unpaired) electrons. The fourth-order valence-corrected chi connectivity index (χ4v) is 7.69. The van der Waals surface area contributed by atoms with Crippen LogP contribution in [-0.4, -0.2) is 51.9 Å². The number of amides is 1. The molecule has 7 rings (SSSR count). The number of aromatic nitrogens is 2.